The first-order valence-electron chi connectivity index (χ1n) is 9.79. The average Bonchev–Trinajstić information content (AvgIpc) is 2.80. The zero-order valence-corrected chi connectivity index (χ0v) is 20.7. The lowest BCUT2D eigenvalue weighted by atomic mass is 10.2. The van der Waals surface area contributed by atoms with Crippen LogP contribution in [0.3, 0.4) is 0 Å². The minimum atomic E-state index is -0.157. The second-order valence-electron chi connectivity index (χ2n) is 5.40. The zero-order valence-electron chi connectivity index (χ0n) is 19.8. The van der Waals surface area contributed by atoms with Crippen molar-refractivity contribution in [3.05, 3.63) is 65.4 Å². The Morgan fingerprint density at radius 1 is 1.13 bits per heavy atom. The summed E-state index contributed by atoms with van der Waals surface area (Å²) in [6.45, 7) is 17.0. The lowest BCUT2D eigenvalue weighted by Gasteiger charge is -2.02. The van der Waals surface area contributed by atoms with Crippen LogP contribution < -0.4 is 10.1 Å². The minimum Gasteiger partial charge on any atom is -0.497 e. The molecule has 0 aliphatic carbocycles. The van der Waals surface area contributed by atoms with E-state index >= 15 is 0 Å². The van der Waals surface area contributed by atoms with Crippen molar-refractivity contribution in [1.82, 2.24) is 5.32 Å². The molecule has 0 saturated carbocycles. The van der Waals surface area contributed by atoms with Crippen molar-refractivity contribution in [2.45, 2.75) is 47.5 Å². The molecule has 0 heterocycles. The second kappa shape index (κ2) is 22.8. The van der Waals surface area contributed by atoms with Gasteiger partial charge in [-0.05, 0) is 42.9 Å². The molecule has 1 aromatic carbocycles. The Kier molecular flexibility index (Phi) is 24.5. The van der Waals surface area contributed by atoms with Gasteiger partial charge in [0.1, 0.15) is 5.75 Å². The number of aryl methyl sites for hydroxylation is 1. The van der Waals surface area contributed by atoms with Crippen LogP contribution in [0.5, 0.6) is 5.75 Å². The van der Waals surface area contributed by atoms with Crippen LogP contribution in [-0.2, 0) is 20.7 Å². The number of allylic oxidation sites excluding steroid dienone is 2. The fraction of sp³-hybridized carbons (Fsp3) is 0.417. The standard InChI is InChI=1S/C9H13NOS.C9H12O.C4H8O2.C2H6/c1-7(2)9(6-11)5-10-8(3)12-4;1-3-8-4-6-9(10-2)7-5-8;1-3-4(5)6-2;1-2/h5-6,10H,1,3H2,2,4H3;4-7H,3H2,1-2H3;3H2,1-2H3;1-2H3/b9-5-;;;. The van der Waals surface area contributed by atoms with Gasteiger partial charge in [-0.1, -0.05) is 53.0 Å². The van der Waals surface area contributed by atoms with Crippen LogP contribution in [-0.4, -0.2) is 32.7 Å². The number of carbonyl (C=O) groups excluding carboxylic acids is 2. The summed E-state index contributed by atoms with van der Waals surface area (Å²) in [4.78, 5) is 20.4. The van der Waals surface area contributed by atoms with E-state index in [1.165, 1.54) is 24.4 Å². The van der Waals surface area contributed by atoms with Crippen LogP contribution in [0, 0.1) is 0 Å². The summed E-state index contributed by atoms with van der Waals surface area (Å²) in [6.07, 6.45) is 5.84. The Bertz CT molecular complexity index is 608. The highest BCUT2D eigenvalue weighted by molar-refractivity contribution is 8.02. The van der Waals surface area contributed by atoms with Crippen molar-refractivity contribution in [3.63, 3.8) is 0 Å². The Balaban J connectivity index is -0.000000366. The fourth-order valence-electron chi connectivity index (χ4n) is 1.48. The van der Waals surface area contributed by atoms with Gasteiger partial charge in [-0.25, -0.2) is 0 Å². The Morgan fingerprint density at radius 3 is 1.93 bits per heavy atom. The number of benzene rings is 1. The normalized spacial score (nSPS) is 9.13. The maximum atomic E-state index is 10.4. The van der Waals surface area contributed by atoms with Gasteiger partial charge >= 0.3 is 5.97 Å². The van der Waals surface area contributed by atoms with Gasteiger partial charge in [-0.3, -0.25) is 9.59 Å². The van der Waals surface area contributed by atoms with Crippen molar-refractivity contribution in [2.24, 2.45) is 0 Å². The molecule has 0 radical (unpaired) electrons. The number of methoxy groups -OCH3 is 2. The molecular weight excluding hydrogens is 398 g/mol. The van der Waals surface area contributed by atoms with E-state index in [1.54, 1.807) is 27.2 Å². The number of hydrogen-bond donors (Lipinski definition) is 1. The Labute approximate surface area is 187 Å². The number of hydrogen-bond acceptors (Lipinski definition) is 6. The smallest absolute Gasteiger partial charge is 0.305 e. The number of thioether (sulfide) groups is 1. The predicted octanol–water partition coefficient (Wildman–Crippen LogP) is 5.92. The van der Waals surface area contributed by atoms with Crippen molar-refractivity contribution in [2.75, 3.05) is 20.5 Å². The molecule has 0 spiro atoms. The summed E-state index contributed by atoms with van der Waals surface area (Å²) >= 11 is 1.49. The van der Waals surface area contributed by atoms with E-state index in [9.17, 15) is 9.59 Å². The molecule has 1 N–H and O–H groups in total. The van der Waals surface area contributed by atoms with E-state index in [0.717, 1.165) is 29.1 Å². The van der Waals surface area contributed by atoms with Crippen LogP contribution in [0.25, 0.3) is 0 Å². The summed E-state index contributed by atoms with van der Waals surface area (Å²) in [5.41, 5.74) is 2.65. The number of carbonyl (C=O) groups is 2. The highest BCUT2D eigenvalue weighted by Gasteiger charge is 1.94. The monoisotopic (exact) mass is 437 g/mol. The number of rotatable bonds is 8. The first kappa shape index (κ1) is 32.2. The van der Waals surface area contributed by atoms with Gasteiger partial charge in [-0.15, -0.1) is 11.8 Å². The topological polar surface area (TPSA) is 64.6 Å². The molecule has 0 unspecified atom stereocenters. The van der Waals surface area contributed by atoms with E-state index in [1.807, 2.05) is 32.2 Å². The molecule has 0 aliphatic heterocycles. The minimum absolute atomic E-state index is 0.157. The van der Waals surface area contributed by atoms with E-state index in [2.05, 4.69) is 42.3 Å². The third kappa shape index (κ3) is 18.9. The molecule has 1 rings (SSSR count). The highest BCUT2D eigenvalue weighted by atomic mass is 32.2. The lowest BCUT2D eigenvalue weighted by Crippen LogP contribution is -2.02. The van der Waals surface area contributed by atoms with Gasteiger partial charge in [0.05, 0.1) is 19.2 Å². The van der Waals surface area contributed by atoms with Crippen LogP contribution in [0.1, 0.15) is 46.6 Å². The summed E-state index contributed by atoms with van der Waals surface area (Å²) in [7, 11) is 3.06. The quantitative estimate of drug-likeness (QED) is 0.236. The van der Waals surface area contributed by atoms with Gasteiger partial charge < -0.3 is 14.8 Å². The van der Waals surface area contributed by atoms with Crippen LogP contribution >= 0.6 is 11.8 Å². The van der Waals surface area contributed by atoms with Crippen molar-refractivity contribution < 1.29 is 19.1 Å². The summed E-state index contributed by atoms with van der Waals surface area (Å²) < 4.78 is 9.27. The molecule has 170 valence electrons. The van der Waals surface area contributed by atoms with Gasteiger partial charge in [-0.2, -0.15) is 0 Å². The molecule has 0 amide bonds. The van der Waals surface area contributed by atoms with Gasteiger partial charge in [0, 0.05) is 18.2 Å². The molecule has 0 aromatic heterocycles. The number of nitrogens with one attached hydrogen (secondary N) is 1. The molecule has 5 nitrogen and oxygen atoms in total. The SMILES string of the molecule is C=C(N/C=C(/C=O)C(=C)C)SC.CC.CCC(=O)OC.CCc1ccc(OC)cc1. The third-order valence-corrected chi connectivity index (χ3v) is 3.95. The highest BCUT2D eigenvalue weighted by Crippen LogP contribution is 2.11. The van der Waals surface area contributed by atoms with E-state index in [4.69, 9.17) is 4.74 Å². The largest absolute Gasteiger partial charge is 0.497 e. The van der Waals surface area contributed by atoms with Crippen molar-refractivity contribution in [1.29, 1.82) is 0 Å². The lowest BCUT2D eigenvalue weighted by molar-refractivity contribution is -0.140. The first-order chi connectivity index (χ1) is 14.3. The predicted molar refractivity (Wildman–Crippen MR) is 131 cm³/mol. The molecule has 0 bridgehead atoms. The Hall–Kier alpha value is -2.47. The number of ether oxygens (including phenoxy) is 2. The van der Waals surface area contributed by atoms with Crippen molar-refractivity contribution in [3.8, 4) is 5.75 Å². The zero-order chi connectivity index (χ0) is 23.9. The molecule has 0 saturated heterocycles. The van der Waals surface area contributed by atoms with Gasteiger partial charge in [0.2, 0.25) is 0 Å². The summed E-state index contributed by atoms with van der Waals surface area (Å²) in [6, 6.07) is 8.13. The molecule has 0 atom stereocenters. The summed E-state index contributed by atoms with van der Waals surface area (Å²) in [5.74, 6) is 0.771. The fourth-order valence-corrected chi connectivity index (χ4v) is 1.66. The van der Waals surface area contributed by atoms with Crippen LogP contribution in [0.4, 0.5) is 0 Å². The number of esters is 1. The van der Waals surface area contributed by atoms with Gasteiger partial charge in [0.15, 0.2) is 6.29 Å². The summed E-state index contributed by atoms with van der Waals surface area (Å²) in [5, 5.41) is 3.68. The van der Waals surface area contributed by atoms with E-state index < -0.39 is 0 Å². The molecule has 1 aromatic rings. The Morgan fingerprint density at radius 2 is 1.67 bits per heavy atom. The first-order valence-corrected chi connectivity index (χ1v) is 11.0. The van der Waals surface area contributed by atoms with E-state index in [0.29, 0.717) is 12.0 Å². The van der Waals surface area contributed by atoms with E-state index in [-0.39, 0.29) is 5.97 Å². The average molecular weight is 438 g/mol. The third-order valence-electron chi connectivity index (χ3n) is 3.34. The molecule has 6 heteroatoms. The van der Waals surface area contributed by atoms with Gasteiger partial charge in [0.25, 0.3) is 0 Å². The molecular formula is C24H39NO4S. The maximum Gasteiger partial charge on any atom is 0.305 e. The maximum absolute atomic E-state index is 10.4. The molecule has 30 heavy (non-hydrogen) atoms. The molecule has 0 aliphatic rings. The van der Waals surface area contributed by atoms with Crippen LogP contribution in [0.15, 0.2) is 59.8 Å². The molecule has 0 fully saturated rings. The van der Waals surface area contributed by atoms with Crippen molar-refractivity contribution >= 4 is 24.0 Å². The van der Waals surface area contributed by atoms with Crippen LogP contribution in [0.2, 0.25) is 0 Å². The second-order valence-corrected chi connectivity index (χ2v) is 6.30. The number of aldehydes is 1.